The first-order chi connectivity index (χ1) is 38.5. The van der Waals surface area contributed by atoms with Crippen molar-refractivity contribution in [2.45, 2.75) is 252 Å². The largest absolute Gasteiger partial charge is 0.462 e. The van der Waals surface area contributed by atoms with E-state index in [4.69, 9.17) is 14.2 Å². The lowest BCUT2D eigenvalue weighted by Gasteiger charge is -2.18. The summed E-state index contributed by atoms with van der Waals surface area (Å²) in [6.45, 7) is 6.30. The molecule has 0 saturated carbocycles. The fraction of sp³-hybridized carbons (Fsp3) is 0.569. The van der Waals surface area contributed by atoms with Crippen LogP contribution in [-0.2, 0) is 28.6 Å². The Kier molecular flexibility index (Phi) is 60.0. The van der Waals surface area contributed by atoms with E-state index in [0.29, 0.717) is 19.3 Å². The van der Waals surface area contributed by atoms with E-state index in [1.807, 2.05) is 0 Å². The monoisotopic (exact) mass is 1070 g/mol. The highest BCUT2D eigenvalue weighted by Gasteiger charge is 2.19. The molecule has 1 unspecified atom stereocenters. The van der Waals surface area contributed by atoms with Crippen LogP contribution < -0.4 is 0 Å². The van der Waals surface area contributed by atoms with Crippen molar-refractivity contribution in [3.8, 4) is 0 Å². The highest BCUT2D eigenvalue weighted by atomic mass is 16.6. The average Bonchev–Trinajstić information content (AvgIpc) is 3.44. The van der Waals surface area contributed by atoms with Crippen molar-refractivity contribution in [3.63, 3.8) is 0 Å². The molecule has 0 aromatic heterocycles. The molecule has 0 fully saturated rings. The van der Waals surface area contributed by atoms with Crippen molar-refractivity contribution in [3.05, 3.63) is 170 Å². The van der Waals surface area contributed by atoms with Crippen LogP contribution in [0.1, 0.15) is 245 Å². The summed E-state index contributed by atoms with van der Waals surface area (Å²) >= 11 is 0. The van der Waals surface area contributed by atoms with Crippen LogP contribution in [0.15, 0.2) is 170 Å². The molecule has 0 N–H and O–H groups in total. The lowest BCUT2D eigenvalue weighted by atomic mass is 10.1. The van der Waals surface area contributed by atoms with Crippen LogP contribution in [0.3, 0.4) is 0 Å². The van der Waals surface area contributed by atoms with Gasteiger partial charge in [-0.15, -0.1) is 0 Å². The first-order valence-electron chi connectivity index (χ1n) is 31.1. The number of unbranched alkanes of at least 4 members (excludes halogenated alkanes) is 15. The molecule has 1 atom stereocenters. The number of carbonyl (C=O) groups is 3. The van der Waals surface area contributed by atoms with Gasteiger partial charge in [0.1, 0.15) is 13.2 Å². The van der Waals surface area contributed by atoms with Crippen molar-refractivity contribution in [1.29, 1.82) is 0 Å². The molecular formula is C72H112O6. The van der Waals surface area contributed by atoms with Gasteiger partial charge in [-0.3, -0.25) is 14.4 Å². The molecule has 0 heterocycles. The molecule has 0 bridgehead atoms. The van der Waals surface area contributed by atoms with E-state index in [0.717, 1.165) is 186 Å². The minimum atomic E-state index is -0.802. The Morgan fingerprint density at radius 1 is 0.269 bits per heavy atom. The number of allylic oxidation sites excluding steroid dienone is 28. The second kappa shape index (κ2) is 64.3. The second-order valence-corrected chi connectivity index (χ2v) is 19.9. The zero-order valence-corrected chi connectivity index (χ0v) is 49.9. The van der Waals surface area contributed by atoms with Crippen molar-refractivity contribution < 1.29 is 28.6 Å². The zero-order valence-electron chi connectivity index (χ0n) is 49.9. The van der Waals surface area contributed by atoms with Crippen LogP contribution in [0, 0.1) is 0 Å². The molecule has 0 aliphatic carbocycles. The van der Waals surface area contributed by atoms with Gasteiger partial charge in [-0.2, -0.15) is 0 Å². The minimum Gasteiger partial charge on any atom is -0.462 e. The molecule has 0 radical (unpaired) electrons. The van der Waals surface area contributed by atoms with Crippen LogP contribution in [-0.4, -0.2) is 37.2 Å². The second-order valence-electron chi connectivity index (χ2n) is 19.9. The van der Waals surface area contributed by atoms with Crippen LogP contribution in [0.2, 0.25) is 0 Å². The predicted molar refractivity (Wildman–Crippen MR) is 338 cm³/mol. The molecular weight excluding hydrogens is 961 g/mol. The third-order valence-corrected chi connectivity index (χ3v) is 12.5. The van der Waals surface area contributed by atoms with Gasteiger partial charge in [0.15, 0.2) is 6.10 Å². The molecule has 0 aliphatic heterocycles. The molecule has 6 nitrogen and oxygen atoms in total. The number of ether oxygens (including phenoxy) is 3. The molecule has 6 heteroatoms. The molecule has 0 aromatic rings. The smallest absolute Gasteiger partial charge is 0.306 e. The Balaban J connectivity index is 4.23. The van der Waals surface area contributed by atoms with Gasteiger partial charge in [0, 0.05) is 19.3 Å². The molecule has 0 spiro atoms. The minimum absolute atomic E-state index is 0.0993. The van der Waals surface area contributed by atoms with Crippen molar-refractivity contribution in [1.82, 2.24) is 0 Å². The maximum absolute atomic E-state index is 12.8. The lowest BCUT2D eigenvalue weighted by molar-refractivity contribution is -0.167. The third kappa shape index (κ3) is 61.6. The standard InChI is InChI=1S/C72H112O6/c1-4-7-10-13-16-18-20-22-24-26-28-30-31-32-33-34-35-36-37-38-39-40-41-43-44-46-48-50-52-54-56-59-62-65-71(74)77-68-69(67-76-70(73)64-61-58-15-12-9-6-3)78-72(75)66-63-60-57-55-53-51-49-47-45-42-29-27-25-23-21-19-17-14-11-8-5-2/h7-8,10-11,16-19,22-25,28-30,32-33,35-36,38-39,41-43,46-49,69H,4-6,9,12-15,20-21,26-27,31,34,37,40,44-45,50-68H2,1-3H3/b10-7-,11-8-,18-16-,19-17-,24-22-,25-23-,30-28-,33-32-,36-35-,39-38-,42-29-,43-41-,48-46-,49-47-. The number of esters is 3. The summed E-state index contributed by atoms with van der Waals surface area (Å²) in [5.74, 6) is -0.956. The van der Waals surface area contributed by atoms with E-state index in [-0.39, 0.29) is 31.1 Å². The zero-order chi connectivity index (χ0) is 56.4. The van der Waals surface area contributed by atoms with Crippen LogP contribution >= 0.6 is 0 Å². The molecule has 436 valence electrons. The van der Waals surface area contributed by atoms with E-state index in [2.05, 4.69) is 191 Å². The van der Waals surface area contributed by atoms with Gasteiger partial charge in [-0.05, 0) is 135 Å². The normalized spacial score (nSPS) is 13.3. The fourth-order valence-electron chi connectivity index (χ4n) is 7.87. The van der Waals surface area contributed by atoms with E-state index in [1.165, 1.54) is 19.3 Å². The SMILES string of the molecule is CC/C=C\C/C=C\C/C=C\C/C=C\C/C=C\C/C=C\C/C=C\C/C=C\C/C=C\CCCCCCCC(=O)OCC(COC(=O)CCCCCCCC)OC(=O)CCCCCCC/C=C\C/C=C\C/C=C\C/C=C\C/C=C\CC. The maximum atomic E-state index is 12.8. The molecule has 0 rings (SSSR count). The summed E-state index contributed by atoms with van der Waals surface area (Å²) in [5, 5.41) is 0. The summed E-state index contributed by atoms with van der Waals surface area (Å²) in [7, 11) is 0. The Morgan fingerprint density at radius 2 is 0.500 bits per heavy atom. The van der Waals surface area contributed by atoms with Gasteiger partial charge in [0.25, 0.3) is 0 Å². The topological polar surface area (TPSA) is 78.9 Å². The number of hydrogen-bond donors (Lipinski definition) is 0. The summed E-state index contributed by atoms with van der Waals surface area (Å²) in [5.41, 5.74) is 0. The van der Waals surface area contributed by atoms with Crippen molar-refractivity contribution in [2.75, 3.05) is 13.2 Å². The Hall–Kier alpha value is -5.23. The van der Waals surface area contributed by atoms with Gasteiger partial charge < -0.3 is 14.2 Å². The van der Waals surface area contributed by atoms with Gasteiger partial charge in [0.2, 0.25) is 0 Å². The van der Waals surface area contributed by atoms with Crippen molar-refractivity contribution in [2.24, 2.45) is 0 Å². The number of rotatable bonds is 54. The van der Waals surface area contributed by atoms with Crippen LogP contribution in [0.25, 0.3) is 0 Å². The lowest BCUT2D eigenvalue weighted by Crippen LogP contribution is -2.30. The van der Waals surface area contributed by atoms with Gasteiger partial charge in [-0.25, -0.2) is 0 Å². The third-order valence-electron chi connectivity index (χ3n) is 12.5. The highest BCUT2D eigenvalue weighted by molar-refractivity contribution is 5.71. The molecule has 0 aromatic carbocycles. The quantitative estimate of drug-likeness (QED) is 0.0261. The molecule has 0 saturated heterocycles. The average molecular weight is 1070 g/mol. The summed E-state index contributed by atoms with van der Waals surface area (Å²) in [6.07, 6.45) is 95.3. The van der Waals surface area contributed by atoms with Gasteiger partial charge in [-0.1, -0.05) is 262 Å². The number of carbonyl (C=O) groups excluding carboxylic acids is 3. The van der Waals surface area contributed by atoms with E-state index < -0.39 is 6.10 Å². The Labute approximate surface area is 479 Å². The van der Waals surface area contributed by atoms with Crippen molar-refractivity contribution >= 4 is 17.9 Å². The number of hydrogen-bond acceptors (Lipinski definition) is 6. The predicted octanol–water partition coefficient (Wildman–Crippen LogP) is 21.5. The van der Waals surface area contributed by atoms with E-state index in [9.17, 15) is 14.4 Å². The Morgan fingerprint density at radius 3 is 0.782 bits per heavy atom. The molecule has 0 amide bonds. The van der Waals surface area contributed by atoms with E-state index >= 15 is 0 Å². The fourth-order valence-corrected chi connectivity index (χ4v) is 7.87. The summed E-state index contributed by atoms with van der Waals surface area (Å²) < 4.78 is 16.7. The van der Waals surface area contributed by atoms with Gasteiger partial charge in [0.05, 0.1) is 0 Å². The van der Waals surface area contributed by atoms with Crippen LogP contribution in [0.4, 0.5) is 0 Å². The highest BCUT2D eigenvalue weighted by Crippen LogP contribution is 2.13. The van der Waals surface area contributed by atoms with Gasteiger partial charge >= 0.3 is 17.9 Å². The first-order valence-corrected chi connectivity index (χ1v) is 31.1. The molecule has 78 heavy (non-hydrogen) atoms. The van der Waals surface area contributed by atoms with Crippen LogP contribution in [0.5, 0.6) is 0 Å². The first kappa shape index (κ1) is 72.8. The summed E-state index contributed by atoms with van der Waals surface area (Å²) in [4.78, 5) is 38.0. The Bertz CT molecular complexity index is 1810. The maximum Gasteiger partial charge on any atom is 0.306 e. The van der Waals surface area contributed by atoms with E-state index in [1.54, 1.807) is 0 Å². The molecule has 0 aliphatic rings. The summed E-state index contributed by atoms with van der Waals surface area (Å²) in [6, 6.07) is 0.